The van der Waals surface area contributed by atoms with Crippen LogP contribution in [0.1, 0.15) is 31.0 Å². The van der Waals surface area contributed by atoms with Crippen LogP contribution >= 0.6 is 0 Å². The van der Waals surface area contributed by atoms with Crippen molar-refractivity contribution in [3.8, 4) is 0 Å². The highest BCUT2D eigenvalue weighted by molar-refractivity contribution is 5.68. The van der Waals surface area contributed by atoms with E-state index in [2.05, 4.69) is 42.5 Å². The first kappa shape index (κ1) is 9.31. The Kier molecular flexibility index (Phi) is 2.32. The van der Waals surface area contributed by atoms with Crippen molar-refractivity contribution in [1.29, 1.82) is 0 Å². The number of fused-ring (bicyclic) bond motifs is 1. The molecule has 3 nitrogen and oxygen atoms in total. The molecule has 0 amide bonds. The van der Waals surface area contributed by atoms with Gasteiger partial charge < -0.3 is 10.6 Å². The van der Waals surface area contributed by atoms with E-state index in [1.54, 1.807) is 0 Å². The Labute approximate surface area is 84.9 Å². The second kappa shape index (κ2) is 3.48. The summed E-state index contributed by atoms with van der Waals surface area (Å²) in [6, 6.07) is 2.18. The molecule has 0 aliphatic carbocycles. The Morgan fingerprint density at radius 1 is 1.29 bits per heavy atom. The van der Waals surface area contributed by atoms with Gasteiger partial charge in [-0.2, -0.15) is 0 Å². The normalized spacial score (nSPS) is 14.6. The number of pyridine rings is 1. The molecule has 2 N–H and O–H groups in total. The molecule has 1 aromatic heterocycles. The maximum absolute atomic E-state index is 4.64. The van der Waals surface area contributed by atoms with E-state index >= 15 is 0 Å². The van der Waals surface area contributed by atoms with Crippen molar-refractivity contribution < 1.29 is 0 Å². The van der Waals surface area contributed by atoms with E-state index in [9.17, 15) is 0 Å². The number of nitrogens with zero attached hydrogens (tertiary/aromatic N) is 1. The quantitative estimate of drug-likeness (QED) is 0.715. The fourth-order valence-corrected chi connectivity index (χ4v) is 1.86. The third-order valence-corrected chi connectivity index (χ3v) is 2.53. The molecular formula is C11H17N3. The first-order valence-corrected chi connectivity index (χ1v) is 5.18. The van der Waals surface area contributed by atoms with Crippen molar-refractivity contribution in [2.45, 2.75) is 26.7 Å². The minimum atomic E-state index is 0.490. The lowest BCUT2D eigenvalue weighted by Crippen LogP contribution is -2.22. The van der Waals surface area contributed by atoms with E-state index in [4.69, 9.17) is 0 Å². The SMILES string of the molecule is Cc1cc2c(nc1C(C)C)NCCN2. The van der Waals surface area contributed by atoms with Gasteiger partial charge in [-0.1, -0.05) is 13.8 Å². The summed E-state index contributed by atoms with van der Waals surface area (Å²) in [6.07, 6.45) is 0. The lowest BCUT2D eigenvalue weighted by Gasteiger charge is -2.21. The zero-order chi connectivity index (χ0) is 10.1. The monoisotopic (exact) mass is 191 g/mol. The number of aryl methyl sites for hydroxylation is 1. The third kappa shape index (κ3) is 1.54. The molecule has 2 rings (SSSR count). The Hall–Kier alpha value is -1.25. The van der Waals surface area contributed by atoms with Gasteiger partial charge in [0, 0.05) is 18.8 Å². The average Bonchev–Trinajstić information content (AvgIpc) is 2.16. The second-order valence-corrected chi connectivity index (χ2v) is 4.09. The Morgan fingerprint density at radius 2 is 2.00 bits per heavy atom. The van der Waals surface area contributed by atoms with Gasteiger partial charge in [0.2, 0.25) is 0 Å². The lowest BCUT2D eigenvalue weighted by atomic mass is 10.0. The molecule has 0 spiro atoms. The molecule has 1 aliphatic heterocycles. The highest BCUT2D eigenvalue weighted by Crippen LogP contribution is 2.27. The van der Waals surface area contributed by atoms with Crippen molar-refractivity contribution in [3.05, 3.63) is 17.3 Å². The molecule has 2 heterocycles. The van der Waals surface area contributed by atoms with E-state index in [0.29, 0.717) is 5.92 Å². The zero-order valence-electron chi connectivity index (χ0n) is 9.02. The number of hydrogen-bond donors (Lipinski definition) is 2. The summed E-state index contributed by atoms with van der Waals surface area (Å²) in [5.41, 5.74) is 3.60. The van der Waals surface area contributed by atoms with Crippen LogP contribution in [-0.4, -0.2) is 18.1 Å². The van der Waals surface area contributed by atoms with E-state index in [1.807, 2.05) is 0 Å². The summed E-state index contributed by atoms with van der Waals surface area (Å²) >= 11 is 0. The Bertz CT molecular complexity index is 345. The van der Waals surface area contributed by atoms with E-state index < -0.39 is 0 Å². The summed E-state index contributed by atoms with van der Waals surface area (Å²) in [5, 5.41) is 6.66. The number of aromatic nitrogens is 1. The van der Waals surface area contributed by atoms with Crippen LogP contribution in [0.5, 0.6) is 0 Å². The van der Waals surface area contributed by atoms with E-state index in [-0.39, 0.29) is 0 Å². The van der Waals surface area contributed by atoms with Crippen LogP contribution in [-0.2, 0) is 0 Å². The summed E-state index contributed by atoms with van der Waals surface area (Å²) in [5.74, 6) is 1.49. The molecule has 76 valence electrons. The van der Waals surface area contributed by atoms with Gasteiger partial charge >= 0.3 is 0 Å². The Morgan fingerprint density at radius 3 is 2.71 bits per heavy atom. The third-order valence-electron chi connectivity index (χ3n) is 2.53. The molecule has 14 heavy (non-hydrogen) atoms. The van der Waals surface area contributed by atoms with Gasteiger partial charge in [0.1, 0.15) is 5.82 Å². The molecule has 0 saturated heterocycles. The van der Waals surface area contributed by atoms with Gasteiger partial charge in [0.25, 0.3) is 0 Å². The standard InChI is InChI=1S/C11H17N3/c1-7(2)10-8(3)6-9-11(14-10)13-5-4-12-9/h6-7,12H,4-5H2,1-3H3,(H,13,14). The molecule has 0 bridgehead atoms. The second-order valence-electron chi connectivity index (χ2n) is 4.09. The van der Waals surface area contributed by atoms with Crippen LogP contribution in [0.4, 0.5) is 11.5 Å². The van der Waals surface area contributed by atoms with Crippen LogP contribution in [0.2, 0.25) is 0 Å². The number of nitrogens with one attached hydrogen (secondary N) is 2. The molecule has 1 aromatic rings. The van der Waals surface area contributed by atoms with Crippen LogP contribution in [0, 0.1) is 6.92 Å². The molecule has 0 unspecified atom stereocenters. The van der Waals surface area contributed by atoms with Gasteiger partial charge in [-0.15, -0.1) is 0 Å². The van der Waals surface area contributed by atoms with Crippen molar-refractivity contribution in [2.24, 2.45) is 0 Å². The van der Waals surface area contributed by atoms with Crippen LogP contribution in [0.15, 0.2) is 6.07 Å². The summed E-state index contributed by atoms with van der Waals surface area (Å²) in [6.45, 7) is 8.42. The van der Waals surface area contributed by atoms with E-state index in [0.717, 1.165) is 24.6 Å². The molecule has 0 atom stereocenters. The topological polar surface area (TPSA) is 37.0 Å². The van der Waals surface area contributed by atoms with Gasteiger partial charge in [0.05, 0.1) is 5.69 Å². The summed E-state index contributed by atoms with van der Waals surface area (Å²) in [4.78, 5) is 4.64. The molecule has 0 radical (unpaired) electrons. The number of rotatable bonds is 1. The van der Waals surface area contributed by atoms with Crippen LogP contribution in [0.3, 0.4) is 0 Å². The number of anilines is 2. The van der Waals surface area contributed by atoms with Crippen LogP contribution in [0.25, 0.3) is 0 Å². The lowest BCUT2D eigenvalue weighted by molar-refractivity contribution is 0.809. The van der Waals surface area contributed by atoms with Crippen molar-refractivity contribution >= 4 is 11.5 Å². The average molecular weight is 191 g/mol. The highest BCUT2D eigenvalue weighted by atomic mass is 15.1. The van der Waals surface area contributed by atoms with Crippen molar-refractivity contribution in [1.82, 2.24) is 4.98 Å². The maximum atomic E-state index is 4.64. The predicted molar refractivity (Wildman–Crippen MR) is 60.0 cm³/mol. The fraction of sp³-hybridized carbons (Fsp3) is 0.545. The maximum Gasteiger partial charge on any atom is 0.149 e. The van der Waals surface area contributed by atoms with Gasteiger partial charge in [-0.05, 0) is 24.5 Å². The first-order chi connectivity index (χ1) is 6.68. The minimum absolute atomic E-state index is 0.490. The van der Waals surface area contributed by atoms with E-state index in [1.165, 1.54) is 11.3 Å². The highest BCUT2D eigenvalue weighted by Gasteiger charge is 2.13. The number of hydrogen-bond acceptors (Lipinski definition) is 3. The Balaban J connectivity index is 2.45. The van der Waals surface area contributed by atoms with Crippen molar-refractivity contribution in [3.63, 3.8) is 0 Å². The van der Waals surface area contributed by atoms with Crippen molar-refractivity contribution in [2.75, 3.05) is 23.7 Å². The minimum Gasteiger partial charge on any atom is -0.380 e. The summed E-state index contributed by atoms with van der Waals surface area (Å²) < 4.78 is 0. The molecule has 0 saturated carbocycles. The molecule has 1 aliphatic rings. The molecule has 3 heteroatoms. The van der Waals surface area contributed by atoms with Crippen LogP contribution < -0.4 is 10.6 Å². The van der Waals surface area contributed by atoms with Gasteiger partial charge in [0.15, 0.2) is 0 Å². The smallest absolute Gasteiger partial charge is 0.149 e. The van der Waals surface area contributed by atoms with Gasteiger partial charge in [-0.3, -0.25) is 0 Å². The predicted octanol–water partition coefficient (Wildman–Crippen LogP) is 2.35. The molecule has 0 aromatic carbocycles. The largest absolute Gasteiger partial charge is 0.380 e. The zero-order valence-corrected chi connectivity index (χ0v) is 9.02. The molecule has 0 fully saturated rings. The molecular weight excluding hydrogens is 174 g/mol. The fourth-order valence-electron chi connectivity index (χ4n) is 1.86. The first-order valence-electron chi connectivity index (χ1n) is 5.18. The summed E-state index contributed by atoms with van der Waals surface area (Å²) in [7, 11) is 0. The van der Waals surface area contributed by atoms with Gasteiger partial charge in [-0.25, -0.2) is 4.98 Å².